The van der Waals surface area contributed by atoms with Gasteiger partial charge in [0.05, 0.1) is 18.1 Å². The third kappa shape index (κ3) is 1.88. The molecule has 0 spiro atoms. The van der Waals surface area contributed by atoms with Crippen LogP contribution in [0.3, 0.4) is 0 Å². The van der Waals surface area contributed by atoms with Gasteiger partial charge in [-0.1, -0.05) is 6.08 Å². The zero-order chi connectivity index (χ0) is 14.6. The first-order valence-corrected chi connectivity index (χ1v) is 7.14. The first kappa shape index (κ1) is 14.2. The van der Waals surface area contributed by atoms with Crippen LogP contribution in [0.25, 0.3) is 0 Å². The average Bonchev–Trinajstić information content (AvgIpc) is 2.80. The molecule has 0 bridgehead atoms. The van der Waals surface area contributed by atoms with E-state index in [1.165, 1.54) is 0 Å². The van der Waals surface area contributed by atoms with E-state index in [1.54, 1.807) is 19.9 Å². The van der Waals surface area contributed by atoms with E-state index in [0.29, 0.717) is 19.3 Å². The second-order valence-corrected chi connectivity index (χ2v) is 6.69. The second-order valence-electron chi connectivity index (χ2n) is 6.69. The average molecular weight is 282 g/mol. The van der Waals surface area contributed by atoms with Crippen molar-refractivity contribution < 1.29 is 24.1 Å². The first-order chi connectivity index (χ1) is 9.32. The van der Waals surface area contributed by atoms with Gasteiger partial charge in [0.25, 0.3) is 0 Å². The maximum absolute atomic E-state index is 12.3. The number of allylic oxidation sites excluding steroid dienone is 1. The fraction of sp³-hybridized carbons (Fsp3) is 0.800. The molecule has 20 heavy (non-hydrogen) atoms. The van der Waals surface area contributed by atoms with Crippen LogP contribution in [0.15, 0.2) is 12.7 Å². The van der Waals surface area contributed by atoms with E-state index < -0.39 is 23.1 Å². The molecule has 4 atom stereocenters. The molecule has 3 rings (SSSR count). The van der Waals surface area contributed by atoms with Crippen LogP contribution >= 0.6 is 0 Å². The zero-order valence-electron chi connectivity index (χ0n) is 12.1. The monoisotopic (exact) mass is 282 g/mol. The Morgan fingerprint density at radius 1 is 1.45 bits per heavy atom. The highest BCUT2D eigenvalue weighted by Gasteiger charge is 2.70. The van der Waals surface area contributed by atoms with Gasteiger partial charge >= 0.3 is 0 Å². The summed E-state index contributed by atoms with van der Waals surface area (Å²) < 4.78 is 17.5. The number of carbonyl (C=O) groups excluding carboxylic acids is 1. The van der Waals surface area contributed by atoms with Crippen LogP contribution in [0.4, 0.5) is 0 Å². The van der Waals surface area contributed by atoms with Crippen LogP contribution in [-0.2, 0) is 19.0 Å². The lowest BCUT2D eigenvalue weighted by molar-refractivity contribution is -0.248. The fourth-order valence-corrected chi connectivity index (χ4v) is 3.65. The number of ether oxygens (including phenoxy) is 3. The van der Waals surface area contributed by atoms with Crippen molar-refractivity contribution in [2.45, 2.75) is 62.6 Å². The third-order valence-corrected chi connectivity index (χ3v) is 4.85. The van der Waals surface area contributed by atoms with Gasteiger partial charge in [-0.3, -0.25) is 4.79 Å². The highest BCUT2D eigenvalue weighted by Crippen LogP contribution is 2.57. The summed E-state index contributed by atoms with van der Waals surface area (Å²) in [7, 11) is 0. The summed E-state index contributed by atoms with van der Waals surface area (Å²) in [5.41, 5.74) is -1.60. The van der Waals surface area contributed by atoms with E-state index in [4.69, 9.17) is 14.2 Å². The molecule has 1 aliphatic carbocycles. The molecule has 0 aromatic rings. The number of aliphatic hydroxyl groups is 1. The van der Waals surface area contributed by atoms with Crippen molar-refractivity contribution in [2.24, 2.45) is 5.92 Å². The lowest BCUT2D eigenvalue weighted by Gasteiger charge is -2.41. The summed E-state index contributed by atoms with van der Waals surface area (Å²) in [6, 6.07) is 0. The first-order valence-electron chi connectivity index (χ1n) is 7.14. The fourth-order valence-electron chi connectivity index (χ4n) is 3.65. The predicted octanol–water partition coefficient (Wildman–Crippen LogP) is 1.54. The van der Waals surface area contributed by atoms with Crippen LogP contribution in [0.5, 0.6) is 0 Å². The maximum Gasteiger partial charge on any atom is 0.207 e. The van der Waals surface area contributed by atoms with E-state index >= 15 is 0 Å². The van der Waals surface area contributed by atoms with Gasteiger partial charge in [0.15, 0.2) is 6.79 Å². The van der Waals surface area contributed by atoms with Gasteiger partial charge in [-0.25, -0.2) is 0 Å². The Labute approximate surface area is 118 Å². The summed E-state index contributed by atoms with van der Waals surface area (Å²) in [4.78, 5) is 12.3. The zero-order valence-corrected chi connectivity index (χ0v) is 12.1. The van der Waals surface area contributed by atoms with Crippen LogP contribution in [-0.4, -0.2) is 40.8 Å². The summed E-state index contributed by atoms with van der Waals surface area (Å²) in [5.74, 6) is -0.972. The molecule has 2 saturated heterocycles. The molecule has 2 aliphatic heterocycles. The maximum atomic E-state index is 12.3. The summed E-state index contributed by atoms with van der Waals surface area (Å²) in [6.07, 6.45) is 3.34. The van der Waals surface area contributed by atoms with Crippen molar-refractivity contribution in [1.82, 2.24) is 0 Å². The smallest absolute Gasteiger partial charge is 0.207 e. The van der Waals surface area contributed by atoms with E-state index in [1.807, 2.05) is 0 Å². The molecule has 2 heterocycles. The van der Waals surface area contributed by atoms with Crippen molar-refractivity contribution in [1.29, 1.82) is 0 Å². The van der Waals surface area contributed by atoms with Crippen LogP contribution in [0, 0.1) is 5.92 Å². The van der Waals surface area contributed by atoms with Gasteiger partial charge in [-0.2, -0.15) is 0 Å². The van der Waals surface area contributed by atoms with E-state index in [2.05, 4.69) is 6.58 Å². The summed E-state index contributed by atoms with van der Waals surface area (Å²) >= 11 is 0. The molecular formula is C15H22O5. The molecule has 1 saturated carbocycles. The number of hydrogen-bond donors (Lipinski definition) is 1. The largest absolute Gasteiger partial charge is 0.388 e. The van der Waals surface area contributed by atoms with Gasteiger partial charge in [-0.05, 0) is 26.7 Å². The molecule has 3 fully saturated rings. The predicted molar refractivity (Wildman–Crippen MR) is 70.8 cm³/mol. The molecule has 0 aromatic carbocycles. The van der Waals surface area contributed by atoms with Crippen molar-refractivity contribution in [3.63, 3.8) is 0 Å². The van der Waals surface area contributed by atoms with Gasteiger partial charge in [0, 0.05) is 12.3 Å². The Hall–Kier alpha value is -0.750. The molecule has 1 N–H and O–H groups in total. The lowest BCUT2D eigenvalue weighted by Crippen LogP contribution is -2.55. The Morgan fingerprint density at radius 3 is 2.85 bits per heavy atom. The molecule has 5 heteroatoms. The Kier molecular flexibility index (Phi) is 3.10. The molecule has 0 radical (unpaired) electrons. The number of rotatable bonds is 3. The normalized spacial score (nSPS) is 44.2. The van der Waals surface area contributed by atoms with Crippen molar-refractivity contribution in [3.05, 3.63) is 12.7 Å². The molecule has 0 amide bonds. The Bertz CT molecular complexity index is 440. The van der Waals surface area contributed by atoms with E-state index in [9.17, 15) is 9.90 Å². The lowest BCUT2D eigenvalue weighted by atomic mass is 9.70. The molecule has 5 nitrogen and oxygen atoms in total. The standard InChI is InChI=1S/C15H22O5/c1-4-5-10-6-14-8-12(13(2,3)17)20-15(14,7-11(10)16)19-9-18-14/h4,10,12,17H,1,5-9H2,2-3H3/t10-,12+,14+,15-/m0/s1. The highest BCUT2D eigenvalue weighted by atomic mass is 16.8. The number of ketones is 1. The molecular weight excluding hydrogens is 260 g/mol. The topological polar surface area (TPSA) is 65.0 Å². The summed E-state index contributed by atoms with van der Waals surface area (Å²) in [6.45, 7) is 7.28. The summed E-state index contributed by atoms with van der Waals surface area (Å²) in [5, 5.41) is 10.2. The van der Waals surface area contributed by atoms with Gasteiger partial charge in [-0.15, -0.1) is 6.58 Å². The highest BCUT2D eigenvalue weighted by molar-refractivity contribution is 5.83. The molecule has 0 unspecified atom stereocenters. The molecule has 112 valence electrons. The SMILES string of the molecule is C=CC[C@H]1C[C@@]23C[C@H](C(C)(C)O)O[C@]2(CC1=O)OCO3. The van der Waals surface area contributed by atoms with Crippen molar-refractivity contribution in [3.8, 4) is 0 Å². The van der Waals surface area contributed by atoms with Gasteiger partial charge < -0.3 is 19.3 Å². The van der Waals surface area contributed by atoms with Crippen LogP contribution in [0.2, 0.25) is 0 Å². The van der Waals surface area contributed by atoms with Crippen LogP contribution in [0.1, 0.15) is 39.5 Å². The van der Waals surface area contributed by atoms with Crippen molar-refractivity contribution >= 4 is 5.78 Å². The number of carbonyl (C=O) groups is 1. The minimum Gasteiger partial charge on any atom is -0.388 e. The third-order valence-electron chi connectivity index (χ3n) is 4.85. The second kappa shape index (κ2) is 4.37. The van der Waals surface area contributed by atoms with Crippen LogP contribution < -0.4 is 0 Å². The Balaban J connectivity index is 1.92. The minimum atomic E-state index is -1.01. The quantitative estimate of drug-likeness (QED) is 0.795. The molecule has 3 aliphatic rings. The van der Waals surface area contributed by atoms with E-state index in [0.717, 1.165) is 0 Å². The number of hydrogen-bond acceptors (Lipinski definition) is 5. The minimum absolute atomic E-state index is 0.0912. The van der Waals surface area contributed by atoms with Crippen molar-refractivity contribution in [2.75, 3.05) is 6.79 Å². The molecule has 0 aromatic heterocycles. The Morgan fingerprint density at radius 2 is 2.20 bits per heavy atom. The van der Waals surface area contributed by atoms with Gasteiger partial charge in [0.2, 0.25) is 5.79 Å². The van der Waals surface area contributed by atoms with E-state index in [-0.39, 0.29) is 24.9 Å². The van der Waals surface area contributed by atoms with Gasteiger partial charge in [0.1, 0.15) is 11.4 Å². The number of Topliss-reactive ketones (excluding diaryl/α,β-unsaturated/α-hetero) is 1.